The lowest BCUT2D eigenvalue weighted by molar-refractivity contribution is 0.0933. The van der Waals surface area contributed by atoms with Crippen LogP contribution in [-0.2, 0) is 0 Å². The molecular formula is C15H14N4O4. The first-order valence-corrected chi connectivity index (χ1v) is 6.74. The van der Waals surface area contributed by atoms with Crippen LogP contribution in [0.5, 0.6) is 5.75 Å². The fourth-order valence-electron chi connectivity index (χ4n) is 2.05. The molecule has 3 aromatic rings. The van der Waals surface area contributed by atoms with Gasteiger partial charge in [-0.05, 0) is 12.1 Å². The zero-order valence-corrected chi connectivity index (χ0v) is 12.2. The maximum Gasteiger partial charge on any atom is 0.338 e. The summed E-state index contributed by atoms with van der Waals surface area (Å²) in [5, 5.41) is 2.57. The second-order valence-electron chi connectivity index (χ2n) is 4.62. The van der Waals surface area contributed by atoms with Crippen molar-refractivity contribution in [2.24, 2.45) is 0 Å². The maximum absolute atomic E-state index is 11.9. The Morgan fingerprint density at radius 1 is 1.17 bits per heavy atom. The Balaban J connectivity index is 1.58. The van der Waals surface area contributed by atoms with Crippen LogP contribution in [0.3, 0.4) is 0 Å². The fourth-order valence-corrected chi connectivity index (χ4v) is 2.05. The SMILES string of the molecule is COc1ccccc1NC(=O)NNC(=O)c1cc2occc2[nH]1. The van der Waals surface area contributed by atoms with Crippen LogP contribution in [0.2, 0.25) is 0 Å². The second-order valence-corrected chi connectivity index (χ2v) is 4.62. The average molecular weight is 314 g/mol. The molecule has 0 bridgehead atoms. The van der Waals surface area contributed by atoms with E-state index in [9.17, 15) is 9.59 Å². The molecule has 0 atom stereocenters. The van der Waals surface area contributed by atoms with Gasteiger partial charge < -0.3 is 19.5 Å². The number of aromatic nitrogens is 1. The van der Waals surface area contributed by atoms with Gasteiger partial charge in [-0.3, -0.25) is 10.2 Å². The zero-order valence-electron chi connectivity index (χ0n) is 12.2. The number of carbonyl (C=O) groups is 2. The number of para-hydroxylation sites is 2. The van der Waals surface area contributed by atoms with Gasteiger partial charge in [-0.2, -0.15) is 0 Å². The van der Waals surface area contributed by atoms with Crippen LogP contribution in [0.1, 0.15) is 10.5 Å². The third-order valence-corrected chi connectivity index (χ3v) is 3.13. The van der Waals surface area contributed by atoms with Crippen LogP contribution in [0.15, 0.2) is 47.1 Å². The Bertz CT molecular complexity index is 823. The Kier molecular flexibility index (Phi) is 3.88. The number of hydrazine groups is 1. The highest BCUT2D eigenvalue weighted by Crippen LogP contribution is 2.22. The van der Waals surface area contributed by atoms with Crippen molar-refractivity contribution in [2.75, 3.05) is 12.4 Å². The minimum Gasteiger partial charge on any atom is -0.495 e. The molecule has 0 unspecified atom stereocenters. The summed E-state index contributed by atoms with van der Waals surface area (Å²) in [5.74, 6) is 0.0188. The summed E-state index contributed by atoms with van der Waals surface area (Å²) in [6, 6.07) is 9.58. The Morgan fingerprint density at radius 3 is 2.78 bits per heavy atom. The number of hydrogen-bond donors (Lipinski definition) is 4. The molecule has 0 saturated carbocycles. The van der Waals surface area contributed by atoms with Crippen LogP contribution in [0.25, 0.3) is 11.1 Å². The smallest absolute Gasteiger partial charge is 0.338 e. The first-order chi connectivity index (χ1) is 11.2. The van der Waals surface area contributed by atoms with Gasteiger partial charge >= 0.3 is 6.03 Å². The highest BCUT2D eigenvalue weighted by Gasteiger charge is 2.12. The highest BCUT2D eigenvalue weighted by molar-refractivity contribution is 5.99. The van der Waals surface area contributed by atoms with E-state index in [2.05, 4.69) is 21.2 Å². The van der Waals surface area contributed by atoms with Crippen LogP contribution in [0.4, 0.5) is 10.5 Å². The number of methoxy groups -OCH3 is 1. The molecule has 2 heterocycles. The van der Waals surface area contributed by atoms with Crippen LogP contribution >= 0.6 is 0 Å². The molecule has 118 valence electrons. The Morgan fingerprint density at radius 2 is 2.00 bits per heavy atom. The van der Waals surface area contributed by atoms with E-state index in [0.29, 0.717) is 22.5 Å². The maximum atomic E-state index is 11.9. The van der Waals surface area contributed by atoms with Crippen molar-refractivity contribution < 1.29 is 18.7 Å². The summed E-state index contributed by atoms with van der Waals surface area (Å²) >= 11 is 0. The number of rotatable bonds is 3. The number of ether oxygens (including phenoxy) is 1. The molecule has 8 nitrogen and oxygen atoms in total. The van der Waals surface area contributed by atoms with E-state index in [0.717, 1.165) is 0 Å². The van der Waals surface area contributed by atoms with Crippen molar-refractivity contribution in [1.82, 2.24) is 15.8 Å². The molecule has 8 heteroatoms. The Labute approximate surface area is 130 Å². The molecule has 0 aliphatic heterocycles. The van der Waals surface area contributed by atoms with E-state index >= 15 is 0 Å². The van der Waals surface area contributed by atoms with Gasteiger partial charge in [0.15, 0.2) is 5.58 Å². The lowest BCUT2D eigenvalue weighted by Gasteiger charge is -2.11. The molecular weight excluding hydrogens is 300 g/mol. The van der Waals surface area contributed by atoms with Crippen molar-refractivity contribution in [3.8, 4) is 5.75 Å². The molecule has 0 aliphatic carbocycles. The van der Waals surface area contributed by atoms with E-state index in [-0.39, 0.29) is 5.69 Å². The van der Waals surface area contributed by atoms with Crippen LogP contribution in [-0.4, -0.2) is 24.0 Å². The summed E-state index contributed by atoms with van der Waals surface area (Å²) in [7, 11) is 1.50. The fraction of sp³-hybridized carbons (Fsp3) is 0.0667. The molecule has 0 saturated heterocycles. The summed E-state index contributed by atoms with van der Waals surface area (Å²) in [5.41, 5.74) is 6.58. The number of carbonyl (C=O) groups excluding carboxylic acids is 2. The second kappa shape index (κ2) is 6.14. The minimum absolute atomic E-state index is 0.275. The van der Waals surface area contributed by atoms with Gasteiger partial charge in [0.25, 0.3) is 5.91 Å². The number of benzene rings is 1. The van der Waals surface area contributed by atoms with Gasteiger partial charge in [-0.1, -0.05) is 12.1 Å². The van der Waals surface area contributed by atoms with Crippen molar-refractivity contribution >= 4 is 28.7 Å². The summed E-state index contributed by atoms with van der Waals surface area (Å²) in [6.07, 6.45) is 1.52. The molecule has 0 radical (unpaired) electrons. The van der Waals surface area contributed by atoms with Crippen molar-refractivity contribution in [1.29, 1.82) is 0 Å². The predicted octanol–water partition coefficient (Wildman–Crippen LogP) is 2.24. The molecule has 1 aromatic carbocycles. The number of fused-ring (bicyclic) bond motifs is 1. The van der Waals surface area contributed by atoms with E-state index in [1.165, 1.54) is 13.4 Å². The van der Waals surface area contributed by atoms with E-state index < -0.39 is 11.9 Å². The number of anilines is 1. The molecule has 0 aliphatic rings. The van der Waals surface area contributed by atoms with Gasteiger partial charge in [0.05, 0.1) is 24.6 Å². The predicted molar refractivity (Wildman–Crippen MR) is 83.2 cm³/mol. The molecule has 2 aromatic heterocycles. The van der Waals surface area contributed by atoms with Gasteiger partial charge in [0, 0.05) is 12.1 Å². The number of furan rings is 1. The van der Waals surface area contributed by atoms with Crippen molar-refractivity contribution in [3.05, 3.63) is 48.4 Å². The quantitative estimate of drug-likeness (QED) is 0.556. The monoisotopic (exact) mass is 314 g/mol. The third-order valence-electron chi connectivity index (χ3n) is 3.13. The van der Waals surface area contributed by atoms with Crippen molar-refractivity contribution in [3.63, 3.8) is 0 Å². The number of amides is 3. The molecule has 3 rings (SSSR count). The van der Waals surface area contributed by atoms with E-state index in [4.69, 9.17) is 9.15 Å². The molecule has 23 heavy (non-hydrogen) atoms. The molecule has 3 amide bonds. The van der Waals surface area contributed by atoms with E-state index in [1.807, 2.05) is 0 Å². The molecule has 0 spiro atoms. The first-order valence-electron chi connectivity index (χ1n) is 6.74. The number of urea groups is 1. The van der Waals surface area contributed by atoms with Crippen LogP contribution < -0.4 is 20.9 Å². The lowest BCUT2D eigenvalue weighted by Crippen LogP contribution is -2.44. The van der Waals surface area contributed by atoms with Gasteiger partial charge in [0.2, 0.25) is 0 Å². The number of nitrogens with one attached hydrogen (secondary N) is 4. The third kappa shape index (κ3) is 3.10. The average Bonchev–Trinajstić information content (AvgIpc) is 3.14. The highest BCUT2D eigenvalue weighted by atomic mass is 16.5. The zero-order chi connectivity index (χ0) is 16.2. The molecule has 4 N–H and O–H groups in total. The number of H-pyrrole nitrogens is 1. The standard InChI is InChI=1S/C15H14N4O4/c1-22-12-5-3-2-4-9(12)17-15(21)19-18-14(20)11-8-13-10(16-11)6-7-23-13/h2-8,16H,1H3,(H,18,20)(H2,17,19,21). The minimum atomic E-state index is -0.599. The Hall–Kier alpha value is -3.42. The number of aromatic amines is 1. The summed E-state index contributed by atoms with van der Waals surface area (Å²) in [4.78, 5) is 26.6. The van der Waals surface area contributed by atoms with Crippen LogP contribution in [0, 0.1) is 0 Å². The van der Waals surface area contributed by atoms with Gasteiger partial charge in [0.1, 0.15) is 11.4 Å². The van der Waals surface area contributed by atoms with E-state index in [1.54, 1.807) is 36.4 Å². The summed E-state index contributed by atoms with van der Waals surface area (Å²) in [6.45, 7) is 0. The largest absolute Gasteiger partial charge is 0.495 e. The van der Waals surface area contributed by atoms with Gasteiger partial charge in [-0.25, -0.2) is 10.2 Å². The lowest BCUT2D eigenvalue weighted by atomic mass is 10.3. The molecule has 0 fully saturated rings. The normalized spacial score (nSPS) is 10.3. The summed E-state index contributed by atoms with van der Waals surface area (Å²) < 4.78 is 10.3. The first kappa shape index (κ1) is 14.5. The van der Waals surface area contributed by atoms with Crippen molar-refractivity contribution in [2.45, 2.75) is 0 Å². The topological polar surface area (TPSA) is 108 Å². The number of hydrogen-bond acceptors (Lipinski definition) is 4. The van der Waals surface area contributed by atoms with Gasteiger partial charge in [-0.15, -0.1) is 0 Å².